The van der Waals surface area contributed by atoms with Gasteiger partial charge in [-0.05, 0) is 53.8 Å². The molecule has 24 heavy (non-hydrogen) atoms. The van der Waals surface area contributed by atoms with Crippen LogP contribution in [0.2, 0.25) is 0 Å². The van der Waals surface area contributed by atoms with Crippen LogP contribution < -0.4 is 5.32 Å². The van der Waals surface area contributed by atoms with Crippen molar-refractivity contribution < 1.29 is 13.9 Å². The summed E-state index contributed by atoms with van der Waals surface area (Å²) in [7, 11) is 1.38. The molecule has 4 rings (SSSR count). The molecular weight excluding hydrogens is 305 g/mol. The lowest BCUT2D eigenvalue weighted by atomic mass is 9.77. The maximum Gasteiger partial charge on any atom is 0.337 e. The van der Waals surface area contributed by atoms with Gasteiger partial charge >= 0.3 is 5.97 Å². The Kier molecular flexibility index (Phi) is 3.60. The monoisotopic (exact) mass is 323 g/mol. The van der Waals surface area contributed by atoms with Crippen LogP contribution in [0.5, 0.6) is 0 Å². The van der Waals surface area contributed by atoms with Crippen molar-refractivity contribution in [1.82, 2.24) is 0 Å². The second kappa shape index (κ2) is 5.78. The molecule has 2 aliphatic rings. The summed E-state index contributed by atoms with van der Waals surface area (Å²) < 4.78 is 18.4. The van der Waals surface area contributed by atoms with Crippen molar-refractivity contribution in [2.24, 2.45) is 5.92 Å². The molecule has 1 aliphatic heterocycles. The van der Waals surface area contributed by atoms with Gasteiger partial charge in [0.1, 0.15) is 5.82 Å². The van der Waals surface area contributed by atoms with Crippen LogP contribution in [0.15, 0.2) is 54.6 Å². The van der Waals surface area contributed by atoms with Gasteiger partial charge in [0.25, 0.3) is 0 Å². The zero-order valence-electron chi connectivity index (χ0n) is 13.3. The van der Waals surface area contributed by atoms with Gasteiger partial charge in [0.05, 0.1) is 18.7 Å². The predicted molar refractivity (Wildman–Crippen MR) is 90.5 cm³/mol. The van der Waals surface area contributed by atoms with Crippen molar-refractivity contribution in [3.63, 3.8) is 0 Å². The van der Waals surface area contributed by atoms with E-state index in [1.54, 1.807) is 18.2 Å². The molecule has 3 atom stereocenters. The number of rotatable bonds is 2. The third kappa shape index (κ3) is 2.39. The summed E-state index contributed by atoms with van der Waals surface area (Å²) in [5.41, 5.74) is 3.67. The molecule has 4 heteroatoms. The van der Waals surface area contributed by atoms with Gasteiger partial charge in [-0.25, -0.2) is 9.18 Å². The molecule has 0 radical (unpaired) electrons. The van der Waals surface area contributed by atoms with Crippen LogP contribution in [0.4, 0.5) is 10.1 Å². The van der Waals surface area contributed by atoms with Crippen LogP contribution in [0, 0.1) is 11.7 Å². The molecule has 1 aliphatic carbocycles. The van der Waals surface area contributed by atoms with E-state index in [0.29, 0.717) is 11.5 Å². The van der Waals surface area contributed by atoms with Crippen LogP contribution in [-0.2, 0) is 4.74 Å². The van der Waals surface area contributed by atoms with Gasteiger partial charge in [-0.3, -0.25) is 0 Å². The zero-order chi connectivity index (χ0) is 16.7. The summed E-state index contributed by atoms with van der Waals surface area (Å²) >= 11 is 0. The second-order valence-corrected chi connectivity index (χ2v) is 6.32. The fourth-order valence-electron chi connectivity index (χ4n) is 3.84. The van der Waals surface area contributed by atoms with Gasteiger partial charge in [0.2, 0.25) is 0 Å². The number of hydrogen-bond acceptors (Lipinski definition) is 3. The average Bonchev–Trinajstić information content (AvgIpc) is 3.11. The molecule has 1 heterocycles. The first-order valence-corrected chi connectivity index (χ1v) is 8.08. The number of methoxy groups -OCH3 is 1. The zero-order valence-corrected chi connectivity index (χ0v) is 13.3. The lowest BCUT2D eigenvalue weighted by Gasteiger charge is -2.37. The van der Waals surface area contributed by atoms with Crippen LogP contribution >= 0.6 is 0 Å². The van der Waals surface area contributed by atoms with Crippen LogP contribution in [0.25, 0.3) is 0 Å². The lowest BCUT2D eigenvalue weighted by molar-refractivity contribution is 0.0600. The first-order chi connectivity index (χ1) is 11.7. The van der Waals surface area contributed by atoms with Crippen LogP contribution in [0.3, 0.4) is 0 Å². The van der Waals surface area contributed by atoms with E-state index in [1.807, 2.05) is 18.2 Å². The van der Waals surface area contributed by atoms with Crippen molar-refractivity contribution in [3.8, 4) is 0 Å². The lowest BCUT2D eigenvalue weighted by Crippen LogP contribution is -2.29. The van der Waals surface area contributed by atoms with E-state index in [0.717, 1.165) is 23.2 Å². The molecule has 2 aromatic rings. The quantitative estimate of drug-likeness (QED) is 0.656. The normalized spacial score (nSPS) is 24.0. The Bertz CT molecular complexity index is 813. The van der Waals surface area contributed by atoms with E-state index in [1.165, 1.54) is 13.2 Å². The first-order valence-electron chi connectivity index (χ1n) is 8.08. The Balaban J connectivity index is 1.69. The number of fused-ring (bicyclic) bond motifs is 3. The summed E-state index contributed by atoms with van der Waals surface area (Å²) in [5, 5.41) is 3.55. The first kappa shape index (κ1) is 14.9. The minimum atomic E-state index is -0.334. The topological polar surface area (TPSA) is 38.3 Å². The SMILES string of the molecule is COC(=O)c1ccc([C@@H]2Nc3ccc(F)cc3[C@H]3C=CC[C@@H]32)cc1. The molecular formula is C20H18FNO2. The van der Waals surface area contributed by atoms with Crippen molar-refractivity contribution in [2.75, 3.05) is 12.4 Å². The van der Waals surface area contributed by atoms with Crippen molar-refractivity contribution in [1.29, 1.82) is 0 Å². The second-order valence-electron chi connectivity index (χ2n) is 6.32. The van der Waals surface area contributed by atoms with E-state index in [2.05, 4.69) is 17.5 Å². The Morgan fingerprint density at radius 2 is 2.00 bits per heavy atom. The minimum Gasteiger partial charge on any atom is -0.465 e. The van der Waals surface area contributed by atoms with Crippen LogP contribution in [0.1, 0.15) is 39.9 Å². The molecule has 2 aromatic carbocycles. The average molecular weight is 323 g/mol. The maximum atomic E-state index is 13.6. The highest BCUT2D eigenvalue weighted by Crippen LogP contribution is 2.49. The van der Waals surface area contributed by atoms with E-state index in [-0.39, 0.29) is 23.7 Å². The minimum absolute atomic E-state index is 0.134. The smallest absolute Gasteiger partial charge is 0.337 e. The summed E-state index contributed by atoms with van der Waals surface area (Å²) in [6, 6.07) is 12.6. The van der Waals surface area contributed by atoms with Crippen molar-refractivity contribution in [2.45, 2.75) is 18.4 Å². The number of benzene rings is 2. The van der Waals surface area contributed by atoms with Crippen molar-refractivity contribution >= 4 is 11.7 Å². The number of carbonyl (C=O) groups is 1. The van der Waals surface area contributed by atoms with E-state index >= 15 is 0 Å². The molecule has 0 fully saturated rings. The Morgan fingerprint density at radius 1 is 1.21 bits per heavy atom. The standard InChI is InChI=1S/C20H18FNO2/c1-24-20(23)13-7-5-12(6-8-13)19-16-4-2-3-15(16)17-11-14(21)9-10-18(17)22-19/h2-3,5-11,15-16,19,22H,4H2,1H3/t15-,16-,19-/m0/s1. The molecule has 3 nitrogen and oxygen atoms in total. The third-order valence-corrected chi connectivity index (χ3v) is 5.02. The third-order valence-electron chi connectivity index (χ3n) is 5.02. The number of carbonyl (C=O) groups excluding carboxylic acids is 1. The number of esters is 1. The highest BCUT2D eigenvalue weighted by atomic mass is 19.1. The van der Waals surface area contributed by atoms with Gasteiger partial charge < -0.3 is 10.1 Å². The highest BCUT2D eigenvalue weighted by Gasteiger charge is 2.37. The molecule has 0 amide bonds. The van der Waals surface area contributed by atoms with Gasteiger partial charge in [-0.2, -0.15) is 0 Å². The van der Waals surface area contributed by atoms with Gasteiger partial charge in [-0.1, -0.05) is 24.3 Å². The number of anilines is 1. The van der Waals surface area contributed by atoms with Crippen LogP contribution in [-0.4, -0.2) is 13.1 Å². The number of allylic oxidation sites excluding steroid dienone is 2. The summed E-state index contributed by atoms with van der Waals surface area (Å²) in [6.07, 6.45) is 5.31. The number of ether oxygens (including phenoxy) is 1. The van der Waals surface area contributed by atoms with E-state index in [9.17, 15) is 9.18 Å². The molecule has 0 bridgehead atoms. The Labute approximate surface area is 140 Å². The maximum absolute atomic E-state index is 13.6. The number of halogens is 1. The largest absolute Gasteiger partial charge is 0.465 e. The van der Waals surface area contributed by atoms with E-state index < -0.39 is 0 Å². The molecule has 1 N–H and O–H groups in total. The van der Waals surface area contributed by atoms with Gasteiger partial charge in [0, 0.05) is 11.6 Å². The highest BCUT2D eigenvalue weighted by molar-refractivity contribution is 5.89. The number of nitrogens with one attached hydrogen (secondary N) is 1. The van der Waals surface area contributed by atoms with Gasteiger partial charge in [-0.15, -0.1) is 0 Å². The van der Waals surface area contributed by atoms with Gasteiger partial charge in [0.15, 0.2) is 0 Å². The molecule has 0 aromatic heterocycles. The Morgan fingerprint density at radius 3 is 2.75 bits per heavy atom. The van der Waals surface area contributed by atoms with Crippen molar-refractivity contribution in [3.05, 3.63) is 77.1 Å². The summed E-state index contributed by atoms with van der Waals surface area (Å²) in [5.74, 6) is 0.0420. The molecule has 0 saturated carbocycles. The predicted octanol–water partition coefficient (Wildman–Crippen LogP) is 4.44. The molecule has 122 valence electrons. The van der Waals surface area contributed by atoms with E-state index in [4.69, 9.17) is 4.74 Å². The fraction of sp³-hybridized carbons (Fsp3) is 0.250. The fourth-order valence-corrected chi connectivity index (χ4v) is 3.84. The molecule has 0 unspecified atom stereocenters. The molecule has 0 saturated heterocycles. The number of hydrogen-bond donors (Lipinski definition) is 1. The summed E-state index contributed by atoms with van der Waals surface area (Å²) in [6.45, 7) is 0. The summed E-state index contributed by atoms with van der Waals surface area (Å²) in [4.78, 5) is 11.6. The Hall–Kier alpha value is -2.62. The molecule has 0 spiro atoms.